The summed E-state index contributed by atoms with van der Waals surface area (Å²) >= 11 is 0. The summed E-state index contributed by atoms with van der Waals surface area (Å²) in [5, 5.41) is 18.4. The van der Waals surface area contributed by atoms with Gasteiger partial charge in [0.15, 0.2) is 0 Å². The van der Waals surface area contributed by atoms with Crippen molar-refractivity contribution in [1.82, 2.24) is 0 Å². The number of unbranched alkanes of at least 4 members (excludes halogenated alkanes) is 19. The molecule has 0 aromatic heterocycles. The first-order valence-corrected chi connectivity index (χ1v) is 25.4. The fourth-order valence-corrected chi connectivity index (χ4v) is 7.09. The summed E-state index contributed by atoms with van der Waals surface area (Å²) in [4.78, 5) is 22.6. The molecule has 0 aromatic carbocycles. The summed E-state index contributed by atoms with van der Waals surface area (Å²) < 4.78 is 33.4. The van der Waals surface area contributed by atoms with Gasteiger partial charge in [-0.05, 0) is 64.2 Å². The maximum atomic E-state index is 12.7. The van der Waals surface area contributed by atoms with Gasteiger partial charge in [-0.15, -0.1) is 0 Å². The van der Waals surface area contributed by atoms with E-state index in [1.165, 1.54) is 89.9 Å². The Morgan fingerprint density at radius 2 is 0.950 bits per heavy atom. The Morgan fingerprint density at radius 1 is 0.533 bits per heavy atom. The molecule has 3 unspecified atom stereocenters. The molecule has 0 fully saturated rings. The van der Waals surface area contributed by atoms with Gasteiger partial charge in [-0.1, -0.05) is 196 Å². The van der Waals surface area contributed by atoms with Crippen LogP contribution >= 0.6 is 7.82 Å². The number of carbonyl (C=O) groups excluding carboxylic acids is 1. The molecule has 0 amide bonds. The van der Waals surface area contributed by atoms with Crippen LogP contribution in [-0.4, -0.2) is 66.3 Å². The van der Waals surface area contributed by atoms with E-state index in [1.54, 1.807) is 0 Å². The SMILES string of the molecule is CC/C=C\C/C=C\C/C=C\C/C=C\C/C=C\C/C=C\CCCCCOCC(COP(=O)(O)OCC(O)CO)OC(=O)CCCCCCCCCCCCCCCCCCC. The second-order valence-corrected chi connectivity index (χ2v) is 17.2. The molecule has 60 heavy (non-hydrogen) atoms. The van der Waals surface area contributed by atoms with Gasteiger partial charge in [0.2, 0.25) is 0 Å². The van der Waals surface area contributed by atoms with Crippen molar-refractivity contribution in [2.75, 3.05) is 33.0 Å². The number of aliphatic hydroxyl groups excluding tert-OH is 2. The van der Waals surface area contributed by atoms with Gasteiger partial charge >= 0.3 is 13.8 Å². The Bertz CT molecular complexity index is 1160. The first-order valence-electron chi connectivity index (χ1n) is 23.9. The molecule has 3 atom stereocenters. The molecule has 0 aromatic rings. The van der Waals surface area contributed by atoms with Crippen molar-refractivity contribution in [1.29, 1.82) is 0 Å². The largest absolute Gasteiger partial charge is 0.472 e. The molecule has 0 aliphatic rings. The monoisotopic (exact) mass is 865 g/mol. The van der Waals surface area contributed by atoms with Crippen molar-refractivity contribution in [2.45, 2.75) is 206 Å². The van der Waals surface area contributed by atoms with Gasteiger partial charge in [0, 0.05) is 13.0 Å². The number of hydrogen-bond acceptors (Lipinski definition) is 8. The zero-order valence-corrected chi connectivity index (χ0v) is 39.1. The Morgan fingerprint density at radius 3 is 1.42 bits per heavy atom. The van der Waals surface area contributed by atoms with Crippen LogP contribution in [0.5, 0.6) is 0 Å². The second kappa shape index (κ2) is 46.4. The molecular formula is C50H89O9P. The third kappa shape index (κ3) is 45.4. The smallest absolute Gasteiger partial charge is 0.457 e. The molecule has 0 rings (SSSR count). The Labute approximate surface area is 367 Å². The minimum atomic E-state index is -4.53. The number of carbonyl (C=O) groups is 1. The number of esters is 1. The van der Waals surface area contributed by atoms with E-state index >= 15 is 0 Å². The van der Waals surface area contributed by atoms with Gasteiger partial charge in [0.1, 0.15) is 12.2 Å². The van der Waals surface area contributed by atoms with Crippen LogP contribution in [0.1, 0.15) is 194 Å². The number of rotatable bonds is 45. The number of aliphatic hydroxyl groups is 2. The van der Waals surface area contributed by atoms with Crippen LogP contribution in [0.25, 0.3) is 0 Å². The van der Waals surface area contributed by atoms with Crippen LogP contribution in [-0.2, 0) is 27.9 Å². The Balaban J connectivity index is 4.20. The molecule has 0 aliphatic carbocycles. The molecule has 348 valence electrons. The van der Waals surface area contributed by atoms with E-state index in [4.69, 9.17) is 23.6 Å². The molecule has 10 heteroatoms. The highest BCUT2D eigenvalue weighted by molar-refractivity contribution is 7.47. The summed E-state index contributed by atoms with van der Waals surface area (Å²) in [6.07, 6.45) is 55.8. The highest BCUT2D eigenvalue weighted by Gasteiger charge is 2.26. The quantitative estimate of drug-likeness (QED) is 0.0237. The highest BCUT2D eigenvalue weighted by atomic mass is 31.2. The number of phosphoric ester groups is 1. The minimum absolute atomic E-state index is 0.0250. The summed E-state index contributed by atoms with van der Waals surface area (Å²) in [6, 6.07) is 0. The normalized spacial score (nSPS) is 14.6. The standard InChI is InChI=1S/C50H89O9P/c1-3-5-7-9-11-13-15-17-19-21-22-23-24-25-27-29-31-33-35-37-39-41-43-56-46-49(47-58-60(54,55)57-45-48(52)44-51)59-50(53)42-40-38-36-34-32-30-28-26-20-18-16-14-12-10-8-6-4-2/h5,7,11,13,17,19,22-23,25,27,31,33,48-49,51-52H,3-4,6,8-10,12,14-16,18,20-21,24,26,28-30,32,34-47H2,1-2H3,(H,54,55)/b7-5-,13-11-,19-17-,23-22-,27-25-,33-31-. The van der Waals surface area contributed by atoms with E-state index in [9.17, 15) is 19.4 Å². The van der Waals surface area contributed by atoms with Crippen LogP contribution in [0.3, 0.4) is 0 Å². The lowest BCUT2D eigenvalue weighted by molar-refractivity contribution is -0.154. The highest BCUT2D eigenvalue weighted by Crippen LogP contribution is 2.43. The Kier molecular flexibility index (Phi) is 44.8. The number of ether oxygens (including phenoxy) is 2. The zero-order valence-electron chi connectivity index (χ0n) is 38.2. The van der Waals surface area contributed by atoms with Gasteiger partial charge in [-0.3, -0.25) is 13.8 Å². The van der Waals surface area contributed by atoms with E-state index in [2.05, 4.69) is 86.8 Å². The lowest BCUT2D eigenvalue weighted by Crippen LogP contribution is -2.29. The van der Waals surface area contributed by atoms with Crippen molar-refractivity contribution in [3.63, 3.8) is 0 Å². The van der Waals surface area contributed by atoms with Crippen molar-refractivity contribution in [3.8, 4) is 0 Å². The van der Waals surface area contributed by atoms with Crippen LogP contribution in [0.4, 0.5) is 0 Å². The maximum absolute atomic E-state index is 12.7. The van der Waals surface area contributed by atoms with Crippen LogP contribution in [0, 0.1) is 0 Å². The molecule has 0 bridgehead atoms. The lowest BCUT2D eigenvalue weighted by atomic mass is 10.0. The molecule has 3 N–H and O–H groups in total. The summed E-state index contributed by atoms with van der Waals surface area (Å²) in [7, 11) is -4.53. The average Bonchev–Trinajstić information content (AvgIpc) is 3.24. The third-order valence-electron chi connectivity index (χ3n) is 9.91. The van der Waals surface area contributed by atoms with E-state index < -0.39 is 45.8 Å². The molecule has 0 radical (unpaired) electrons. The average molecular weight is 865 g/mol. The van der Waals surface area contributed by atoms with E-state index in [0.717, 1.165) is 83.5 Å². The first kappa shape index (κ1) is 57.9. The van der Waals surface area contributed by atoms with Crippen molar-refractivity contribution in [2.24, 2.45) is 0 Å². The molecule has 9 nitrogen and oxygen atoms in total. The minimum Gasteiger partial charge on any atom is -0.457 e. The molecule has 0 spiro atoms. The van der Waals surface area contributed by atoms with Gasteiger partial charge < -0.3 is 24.6 Å². The Hall–Kier alpha value is -2.10. The van der Waals surface area contributed by atoms with E-state index in [-0.39, 0.29) is 13.0 Å². The predicted molar refractivity (Wildman–Crippen MR) is 251 cm³/mol. The third-order valence-corrected chi connectivity index (χ3v) is 10.9. The fraction of sp³-hybridized carbons (Fsp3) is 0.740. The van der Waals surface area contributed by atoms with Crippen LogP contribution in [0.15, 0.2) is 72.9 Å². The number of allylic oxidation sites excluding steroid dienone is 12. The van der Waals surface area contributed by atoms with Crippen molar-refractivity contribution in [3.05, 3.63) is 72.9 Å². The number of hydrogen-bond donors (Lipinski definition) is 3. The van der Waals surface area contributed by atoms with Crippen molar-refractivity contribution >= 4 is 13.8 Å². The van der Waals surface area contributed by atoms with E-state index in [1.807, 2.05) is 0 Å². The molecule has 0 heterocycles. The van der Waals surface area contributed by atoms with E-state index in [0.29, 0.717) is 6.61 Å². The lowest BCUT2D eigenvalue weighted by Gasteiger charge is -2.20. The topological polar surface area (TPSA) is 132 Å². The van der Waals surface area contributed by atoms with Crippen molar-refractivity contribution < 1.29 is 43.0 Å². The fourth-order valence-electron chi connectivity index (χ4n) is 6.30. The maximum Gasteiger partial charge on any atom is 0.472 e. The second-order valence-electron chi connectivity index (χ2n) is 15.8. The van der Waals surface area contributed by atoms with Gasteiger partial charge in [0.05, 0.1) is 26.4 Å². The first-order chi connectivity index (χ1) is 29.3. The van der Waals surface area contributed by atoms with Crippen LogP contribution in [0.2, 0.25) is 0 Å². The summed E-state index contributed by atoms with van der Waals surface area (Å²) in [6.45, 7) is 3.33. The predicted octanol–water partition coefficient (Wildman–Crippen LogP) is 13.7. The summed E-state index contributed by atoms with van der Waals surface area (Å²) in [5.74, 6) is -0.395. The van der Waals surface area contributed by atoms with Gasteiger partial charge in [-0.2, -0.15) is 0 Å². The summed E-state index contributed by atoms with van der Waals surface area (Å²) in [5.41, 5.74) is 0. The van der Waals surface area contributed by atoms with Gasteiger partial charge in [-0.25, -0.2) is 4.57 Å². The molecule has 0 saturated carbocycles. The molecular weight excluding hydrogens is 776 g/mol. The zero-order chi connectivity index (χ0) is 43.9. The van der Waals surface area contributed by atoms with Gasteiger partial charge in [0.25, 0.3) is 0 Å². The van der Waals surface area contributed by atoms with Crippen LogP contribution < -0.4 is 0 Å². The molecule has 0 aliphatic heterocycles. The number of phosphoric acid groups is 1. The molecule has 0 saturated heterocycles.